The number of carbonyl (C=O) groups is 1. The van der Waals surface area contributed by atoms with E-state index in [0.717, 1.165) is 16.8 Å². The van der Waals surface area contributed by atoms with Gasteiger partial charge in [0.2, 0.25) is 0 Å². The van der Waals surface area contributed by atoms with Gasteiger partial charge in [-0.05, 0) is 63.6 Å². The van der Waals surface area contributed by atoms with E-state index >= 15 is 0 Å². The summed E-state index contributed by atoms with van der Waals surface area (Å²) in [6.07, 6.45) is 1.79. The van der Waals surface area contributed by atoms with Crippen LogP contribution in [0.25, 0.3) is 5.65 Å². The van der Waals surface area contributed by atoms with E-state index in [1.807, 2.05) is 51.1 Å². The second kappa shape index (κ2) is 10.7. The highest BCUT2D eigenvalue weighted by Gasteiger charge is 2.29. The van der Waals surface area contributed by atoms with Crippen molar-refractivity contribution in [2.45, 2.75) is 39.8 Å². The molecule has 5 rings (SSSR count). The van der Waals surface area contributed by atoms with Crippen LogP contribution in [-0.4, -0.2) is 46.1 Å². The van der Waals surface area contributed by atoms with Crippen LogP contribution in [0.5, 0.6) is 0 Å². The van der Waals surface area contributed by atoms with E-state index in [1.165, 1.54) is 0 Å². The number of hydrogen-bond donors (Lipinski definition) is 2. The predicted octanol–water partition coefficient (Wildman–Crippen LogP) is 4.77. The predicted molar refractivity (Wildman–Crippen MR) is 157 cm³/mol. The molecule has 0 unspecified atom stereocenters. The zero-order valence-corrected chi connectivity index (χ0v) is 23.0. The maximum atomic E-state index is 13.6. The van der Waals surface area contributed by atoms with Gasteiger partial charge in [0.25, 0.3) is 5.56 Å². The number of anilines is 3. The first-order valence-corrected chi connectivity index (χ1v) is 13.3. The molecule has 2 N–H and O–H groups in total. The van der Waals surface area contributed by atoms with Crippen molar-refractivity contribution in [3.63, 3.8) is 0 Å². The van der Waals surface area contributed by atoms with Crippen molar-refractivity contribution >= 4 is 28.8 Å². The zero-order chi connectivity index (χ0) is 28.6. The lowest BCUT2D eigenvalue weighted by Crippen LogP contribution is -2.53. The summed E-state index contributed by atoms with van der Waals surface area (Å²) in [6.45, 7) is 9.80. The van der Waals surface area contributed by atoms with Gasteiger partial charge in [0.15, 0.2) is 0 Å². The molecule has 9 nitrogen and oxygen atoms in total. The van der Waals surface area contributed by atoms with Crippen molar-refractivity contribution in [1.82, 2.24) is 9.38 Å². The van der Waals surface area contributed by atoms with Gasteiger partial charge in [-0.2, -0.15) is 5.26 Å². The molecule has 40 heavy (non-hydrogen) atoms. The molecule has 0 bridgehead atoms. The van der Waals surface area contributed by atoms with E-state index in [2.05, 4.69) is 28.1 Å². The number of carboxylic acid groups (broad SMARTS) is 1. The van der Waals surface area contributed by atoms with Gasteiger partial charge in [0, 0.05) is 43.1 Å². The SMILES string of the molecule is Cc1cc([C@@H](C)Nc2ccccc2C(=O)O)c2nc(N3CCN(c4ccccc4C#N)C[C@H]3C)c(C)c(=O)n2c1. The maximum absolute atomic E-state index is 13.6. The molecule has 4 aromatic rings. The fourth-order valence-electron chi connectivity index (χ4n) is 5.52. The maximum Gasteiger partial charge on any atom is 0.337 e. The Kier molecular flexibility index (Phi) is 7.18. The van der Waals surface area contributed by atoms with E-state index in [4.69, 9.17) is 4.98 Å². The Hall–Kier alpha value is -4.84. The van der Waals surface area contributed by atoms with Crippen LogP contribution >= 0.6 is 0 Å². The summed E-state index contributed by atoms with van der Waals surface area (Å²) in [5, 5.41) is 22.5. The molecule has 0 amide bonds. The van der Waals surface area contributed by atoms with Gasteiger partial charge in [0.05, 0.1) is 28.4 Å². The minimum atomic E-state index is -1.01. The second-order valence-electron chi connectivity index (χ2n) is 10.4. The molecule has 0 aliphatic carbocycles. The van der Waals surface area contributed by atoms with Crippen LogP contribution in [0.2, 0.25) is 0 Å². The topological polar surface area (TPSA) is 114 Å². The van der Waals surface area contributed by atoms with Gasteiger partial charge in [0.1, 0.15) is 17.5 Å². The number of hydrogen-bond acceptors (Lipinski definition) is 7. The van der Waals surface area contributed by atoms with Crippen LogP contribution < -0.4 is 20.7 Å². The first kappa shape index (κ1) is 26.8. The Morgan fingerprint density at radius 1 is 1.15 bits per heavy atom. The highest BCUT2D eigenvalue weighted by molar-refractivity contribution is 5.94. The number of aromatic carboxylic acids is 1. The molecule has 2 aromatic heterocycles. The third-order valence-electron chi connectivity index (χ3n) is 7.55. The molecule has 1 aliphatic rings. The van der Waals surface area contributed by atoms with Crippen LogP contribution in [0.4, 0.5) is 17.2 Å². The molecule has 0 radical (unpaired) electrons. The number of fused-ring (bicyclic) bond motifs is 1. The summed E-state index contributed by atoms with van der Waals surface area (Å²) in [6, 6.07) is 18.4. The Morgan fingerprint density at radius 2 is 1.88 bits per heavy atom. The van der Waals surface area contributed by atoms with E-state index in [9.17, 15) is 20.0 Å². The third-order valence-corrected chi connectivity index (χ3v) is 7.55. The Balaban J connectivity index is 1.52. The van der Waals surface area contributed by atoms with E-state index in [-0.39, 0.29) is 23.2 Å². The monoisotopic (exact) mass is 536 g/mol. The van der Waals surface area contributed by atoms with E-state index in [0.29, 0.717) is 47.9 Å². The number of nitrogens with one attached hydrogen (secondary N) is 1. The first-order valence-electron chi connectivity index (χ1n) is 13.3. The van der Waals surface area contributed by atoms with E-state index < -0.39 is 5.97 Å². The Labute approximate surface area is 232 Å². The first-order chi connectivity index (χ1) is 19.2. The molecule has 1 aliphatic heterocycles. The summed E-state index contributed by atoms with van der Waals surface area (Å²) in [4.78, 5) is 34.9. The number of para-hydroxylation sites is 2. The van der Waals surface area contributed by atoms with Gasteiger partial charge in [-0.15, -0.1) is 0 Å². The zero-order valence-electron chi connectivity index (χ0n) is 23.0. The normalized spacial score (nSPS) is 16.0. The molecule has 1 fully saturated rings. The van der Waals surface area contributed by atoms with Crippen LogP contribution in [0.3, 0.4) is 0 Å². The van der Waals surface area contributed by atoms with Gasteiger partial charge in [-0.25, -0.2) is 9.78 Å². The van der Waals surface area contributed by atoms with Gasteiger partial charge in [-0.1, -0.05) is 24.3 Å². The highest BCUT2D eigenvalue weighted by Crippen LogP contribution is 2.29. The lowest BCUT2D eigenvalue weighted by atomic mass is 10.1. The molecular weight excluding hydrogens is 504 g/mol. The number of carboxylic acids is 1. The summed E-state index contributed by atoms with van der Waals surface area (Å²) in [5.74, 6) is -0.365. The Bertz CT molecular complexity index is 1710. The number of nitrogens with zero attached hydrogens (tertiary/aromatic N) is 5. The fourth-order valence-corrected chi connectivity index (χ4v) is 5.52. The summed E-state index contributed by atoms with van der Waals surface area (Å²) >= 11 is 0. The van der Waals surface area contributed by atoms with Crippen LogP contribution in [-0.2, 0) is 0 Å². The molecule has 2 atom stereocenters. The number of rotatable bonds is 6. The smallest absolute Gasteiger partial charge is 0.337 e. The number of piperazine rings is 1. The summed E-state index contributed by atoms with van der Waals surface area (Å²) in [5.41, 5.74) is 4.91. The van der Waals surface area contributed by atoms with E-state index in [1.54, 1.807) is 34.9 Å². The second-order valence-corrected chi connectivity index (χ2v) is 10.4. The lowest BCUT2D eigenvalue weighted by molar-refractivity contribution is 0.0698. The van der Waals surface area contributed by atoms with Crippen molar-refractivity contribution < 1.29 is 9.90 Å². The molecule has 3 heterocycles. The number of pyridine rings is 1. The molecule has 0 saturated carbocycles. The molecule has 204 valence electrons. The standard InChI is InChI=1S/C31H32N6O3/c1-19-15-25(22(4)33-26-11-7-6-10-24(26)31(39)40)29-34-28(21(3)30(38)37(29)17-19)36-14-13-35(18-20(36)2)27-12-8-5-9-23(27)16-32/h5-12,15,17,20,22,33H,13-14,18H2,1-4H3,(H,39,40)/t20-,22-/m1/s1. The van der Waals surface area contributed by atoms with Crippen LogP contribution in [0.15, 0.2) is 65.6 Å². The van der Waals surface area contributed by atoms with Crippen molar-refractivity contribution in [2.75, 3.05) is 34.8 Å². The molecule has 1 saturated heterocycles. The third kappa shape index (κ3) is 4.84. The highest BCUT2D eigenvalue weighted by atomic mass is 16.4. The minimum Gasteiger partial charge on any atom is -0.478 e. The number of aromatic nitrogens is 2. The molecule has 9 heteroatoms. The average molecular weight is 537 g/mol. The Morgan fingerprint density at radius 3 is 2.60 bits per heavy atom. The number of nitriles is 1. The molecule has 0 spiro atoms. The van der Waals surface area contributed by atoms with Gasteiger partial charge >= 0.3 is 5.97 Å². The largest absolute Gasteiger partial charge is 0.478 e. The average Bonchev–Trinajstić information content (AvgIpc) is 2.95. The molecular formula is C31H32N6O3. The van der Waals surface area contributed by atoms with Crippen LogP contribution in [0.1, 0.15) is 52.5 Å². The quantitative estimate of drug-likeness (QED) is 0.362. The molecule has 2 aromatic carbocycles. The van der Waals surface area contributed by atoms with Crippen molar-refractivity contribution in [3.8, 4) is 6.07 Å². The van der Waals surface area contributed by atoms with Crippen molar-refractivity contribution in [2.24, 2.45) is 0 Å². The summed E-state index contributed by atoms with van der Waals surface area (Å²) in [7, 11) is 0. The number of aryl methyl sites for hydroxylation is 1. The van der Waals surface area contributed by atoms with Gasteiger partial charge in [-0.3, -0.25) is 9.20 Å². The fraction of sp³-hybridized carbons (Fsp3) is 0.290. The number of benzene rings is 2. The minimum absolute atomic E-state index is 0.0421. The lowest BCUT2D eigenvalue weighted by Gasteiger charge is -2.42. The van der Waals surface area contributed by atoms with Crippen LogP contribution in [0, 0.1) is 25.2 Å². The van der Waals surface area contributed by atoms with Crippen molar-refractivity contribution in [1.29, 1.82) is 5.26 Å². The van der Waals surface area contributed by atoms with Crippen molar-refractivity contribution in [3.05, 3.63) is 99.0 Å². The van der Waals surface area contributed by atoms with Gasteiger partial charge < -0.3 is 20.2 Å². The summed E-state index contributed by atoms with van der Waals surface area (Å²) < 4.78 is 1.59.